The topological polar surface area (TPSA) is 140 Å². The Morgan fingerprint density at radius 3 is 2.21 bits per heavy atom. The number of anilines is 1. The van der Waals surface area contributed by atoms with Crippen molar-refractivity contribution in [3.63, 3.8) is 0 Å². The fraction of sp³-hybridized carbons (Fsp3) is 0.485. The van der Waals surface area contributed by atoms with Crippen molar-refractivity contribution in [3.8, 4) is 5.75 Å². The van der Waals surface area contributed by atoms with Crippen molar-refractivity contribution < 1.29 is 55.7 Å². The third-order valence-electron chi connectivity index (χ3n) is 7.03. The number of ketones is 1. The Hall–Kier alpha value is -4.53. The van der Waals surface area contributed by atoms with Gasteiger partial charge in [0.2, 0.25) is 17.5 Å². The smallest absolute Gasteiger partial charge is 0.313 e. The second-order valence-electron chi connectivity index (χ2n) is 13.2. The van der Waals surface area contributed by atoms with Gasteiger partial charge in [-0.05, 0) is 37.8 Å². The molecule has 2 aromatic rings. The number of hydrogen-bond acceptors (Lipinski definition) is 8. The quantitative estimate of drug-likeness (QED) is 0.176. The van der Waals surface area contributed by atoms with E-state index in [1.807, 2.05) is 26.8 Å². The number of Topliss-reactive ketones (excluding diaryl/α,β-unsaturated/α-hetero) is 1. The molecule has 0 radical (unpaired) electrons. The van der Waals surface area contributed by atoms with Gasteiger partial charge in [-0.1, -0.05) is 39.0 Å². The molecule has 15 heteroatoms. The first-order valence-corrected chi connectivity index (χ1v) is 15.1. The molecular weight excluding hydrogens is 642 g/mol. The Kier molecular flexibility index (Phi) is 12.3. The summed E-state index contributed by atoms with van der Waals surface area (Å²) in [4.78, 5) is 66.4. The Morgan fingerprint density at radius 1 is 0.979 bits per heavy atom. The summed E-state index contributed by atoms with van der Waals surface area (Å²) in [7, 11) is 0. The Labute approximate surface area is 275 Å². The van der Waals surface area contributed by atoms with Crippen molar-refractivity contribution in [1.29, 1.82) is 0 Å². The van der Waals surface area contributed by atoms with Crippen LogP contribution in [0.5, 0.6) is 5.75 Å². The van der Waals surface area contributed by atoms with Gasteiger partial charge in [0.15, 0.2) is 23.2 Å². The summed E-state index contributed by atoms with van der Waals surface area (Å²) in [6.45, 7) is 8.71. The van der Waals surface area contributed by atoms with Crippen molar-refractivity contribution in [1.82, 2.24) is 10.2 Å². The summed E-state index contributed by atoms with van der Waals surface area (Å²) in [5, 5.41) is 4.97. The second kappa shape index (κ2) is 15.6. The van der Waals surface area contributed by atoms with Crippen LogP contribution in [0.15, 0.2) is 30.3 Å². The van der Waals surface area contributed by atoms with Gasteiger partial charge in [0, 0.05) is 24.8 Å². The molecule has 1 fully saturated rings. The number of nitrogens with one attached hydrogen (secondary N) is 2. The van der Waals surface area contributed by atoms with Crippen LogP contribution in [0, 0.1) is 29.2 Å². The number of hydrogen-bond donors (Lipinski definition) is 2. The minimum absolute atomic E-state index is 0.0171. The predicted octanol–water partition coefficient (Wildman–Crippen LogP) is 3.82. The van der Waals surface area contributed by atoms with Crippen LogP contribution in [0.25, 0.3) is 0 Å². The molecule has 2 atom stereocenters. The Bertz CT molecular complexity index is 1530. The molecule has 0 aliphatic carbocycles. The SMILES string of the molecule is CC(C)(C)OC(=O)C[C@H](NC(=O)[C@@H]1COCCN(C(=O)C(=O)Nc2ccccc2C(C)(C)C)C1)C(=O)COc1c(F)c(F)cc(F)c1F. The minimum atomic E-state index is -1.89. The first-order valence-electron chi connectivity index (χ1n) is 15.1. The van der Waals surface area contributed by atoms with Crippen LogP contribution in [0.4, 0.5) is 23.2 Å². The van der Waals surface area contributed by atoms with Gasteiger partial charge in [-0.25, -0.2) is 8.78 Å². The van der Waals surface area contributed by atoms with E-state index in [9.17, 15) is 41.5 Å². The zero-order valence-electron chi connectivity index (χ0n) is 27.5. The lowest BCUT2D eigenvalue weighted by Crippen LogP contribution is -2.50. The average Bonchev–Trinajstić information content (AvgIpc) is 3.24. The van der Waals surface area contributed by atoms with Gasteiger partial charge in [-0.3, -0.25) is 24.0 Å². The molecule has 1 saturated heterocycles. The van der Waals surface area contributed by atoms with Crippen molar-refractivity contribution in [2.45, 2.75) is 65.0 Å². The molecule has 2 aromatic carbocycles. The Balaban J connectivity index is 1.76. The first kappa shape index (κ1) is 37.9. The highest BCUT2D eigenvalue weighted by atomic mass is 19.2. The van der Waals surface area contributed by atoms with E-state index >= 15 is 0 Å². The van der Waals surface area contributed by atoms with Crippen LogP contribution in [0.2, 0.25) is 0 Å². The highest BCUT2D eigenvalue weighted by Crippen LogP contribution is 2.29. The molecule has 3 amide bonds. The summed E-state index contributed by atoms with van der Waals surface area (Å²) in [6.07, 6.45) is -0.751. The molecule has 48 heavy (non-hydrogen) atoms. The van der Waals surface area contributed by atoms with Crippen LogP contribution in [0.3, 0.4) is 0 Å². The zero-order chi connectivity index (χ0) is 36.0. The largest absolute Gasteiger partial charge is 0.479 e. The number of ether oxygens (including phenoxy) is 3. The monoisotopic (exact) mass is 681 g/mol. The van der Waals surface area contributed by atoms with E-state index in [1.165, 1.54) is 0 Å². The molecule has 3 rings (SSSR count). The van der Waals surface area contributed by atoms with E-state index in [0.717, 1.165) is 10.5 Å². The lowest BCUT2D eigenvalue weighted by Gasteiger charge is -2.26. The summed E-state index contributed by atoms with van der Waals surface area (Å²) >= 11 is 0. The van der Waals surface area contributed by atoms with Gasteiger partial charge in [-0.2, -0.15) is 8.78 Å². The van der Waals surface area contributed by atoms with Crippen LogP contribution in [0.1, 0.15) is 53.5 Å². The zero-order valence-corrected chi connectivity index (χ0v) is 27.5. The number of benzene rings is 2. The average molecular weight is 682 g/mol. The number of carbonyl (C=O) groups excluding carboxylic acids is 5. The highest BCUT2D eigenvalue weighted by Gasteiger charge is 2.35. The molecule has 1 aliphatic heterocycles. The van der Waals surface area contributed by atoms with Crippen molar-refractivity contribution in [2.24, 2.45) is 5.92 Å². The molecule has 0 saturated carbocycles. The van der Waals surface area contributed by atoms with E-state index < -0.39 is 89.1 Å². The maximum atomic E-state index is 14.1. The summed E-state index contributed by atoms with van der Waals surface area (Å²) < 4.78 is 70.9. The molecule has 0 bridgehead atoms. The van der Waals surface area contributed by atoms with Crippen LogP contribution in [-0.2, 0) is 38.9 Å². The lowest BCUT2D eigenvalue weighted by molar-refractivity contribution is -0.156. The minimum Gasteiger partial charge on any atom is -0.479 e. The van der Waals surface area contributed by atoms with Crippen molar-refractivity contribution in [3.05, 3.63) is 59.2 Å². The predicted molar refractivity (Wildman–Crippen MR) is 164 cm³/mol. The number of amides is 3. The molecule has 0 spiro atoms. The van der Waals surface area contributed by atoms with Gasteiger partial charge in [0.1, 0.15) is 18.2 Å². The number of carbonyl (C=O) groups is 5. The van der Waals surface area contributed by atoms with Gasteiger partial charge in [0.25, 0.3) is 0 Å². The number of esters is 1. The highest BCUT2D eigenvalue weighted by molar-refractivity contribution is 6.39. The van der Waals surface area contributed by atoms with E-state index in [2.05, 4.69) is 10.6 Å². The molecule has 262 valence electrons. The maximum absolute atomic E-state index is 14.1. The Morgan fingerprint density at radius 2 is 1.60 bits per heavy atom. The standard InChI is InChI=1S/C33H39F4N3O8/c1-32(2,3)19-9-7-8-10-22(19)38-30(44)31(45)40-11-12-46-16-18(15-40)29(43)39-23(14-25(42)48-33(4,5)6)24(41)17-47-28-26(36)20(34)13-21(35)27(28)37/h7-10,13,18,23H,11-12,14-17H2,1-6H3,(H,38,44)(H,39,43)/t18-,23-/m0/s1. The fourth-order valence-corrected chi connectivity index (χ4v) is 4.73. The van der Waals surface area contributed by atoms with Crippen molar-refractivity contribution in [2.75, 3.05) is 38.2 Å². The molecule has 2 N–H and O–H groups in total. The second-order valence-corrected chi connectivity index (χ2v) is 13.2. The number of rotatable bonds is 9. The molecule has 1 heterocycles. The van der Waals surface area contributed by atoms with Gasteiger partial charge in [0.05, 0.1) is 25.6 Å². The third-order valence-corrected chi connectivity index (χ3v) is 7.03. The van der Waals surface area contributed by atoms with Crippen LogP contribution >= 0.6 is 0 Å². The van der Waals surface area contributed by atoms with Gasteiger partial charge >= 0.3 is 17.8 Å². The lowest BCUT2D eigenvalue weighted by atomic mass is 9.86. The molecule has 11 nitrogen and oxygen atoms in total. The number of halogens is 4. The van der Waals surface area contributed by atoms with Gasteiger partial charge in [-0.15, -0.1) is 0 Å². The van der Waals surface area contributed by atoms with E-state index in [4.69, 9.17) is 14.2 Å². The first-order chi connectivity index (χ1) is 22.3. The summed E-state index contributed by atoms with van der Waals surface area (Å²) in [6, 6.07) is 5.26. The third kappa shape index (κ3) is 10.2. The van der Waals surface area contributed by atoms with E-state index in [1.54, 1.807) is 39.0 Å². The van der Waals surface area contributed by atoms with Crippen LogP contribution < -0.4 is 15.4 Å². The molecule has 1 aliphatic rings. The summed E-state index contributed by atoms with van der Waals surface area (Å²) in [5.74, 6) is -14.7. The molecular formula is C33H39F4N3O8. The van der Waals surface area contributed by atoms with E-state index in [-0.39, 0.29) is 37.8 Å². The van der Waals surface area contributed by atoms with E-state index in [0.29, 0.717) is 5.69 Å². The van der Waals surface area contributed by atoms with Gasteiger partial charge < -0.3 is 29.7 Å². The molecule has 0 aromatic heterocycles. The number of para-hydroxylation sites is 1. The fourth-order valence-electron chi connectivity index (χ4n) is 4.73. The maximum Gasteiger partial charge on any atom is 0.313 e. The van der Waals surface area contributed by atoms with Crippen molar-refractivity contribution >= 4 is 35.2 Å². The molecule has 0 unspecified atom stereocenters. The summed E-state index contributed by atoms with van der Waals surface area (Å²) in [5.41, 5.74) is -0.100. The van der Waals surface area contributed by atoms with Crippen LogP contribution in [-0.4, -0.2) is 78.9 Å². The number of nitrogens with zero attached hydrogens (tertiary/aromatic N) is 1. The normalized spacial score (nSPS) is 16.0.